The summed E-state index contributed by atoms with van der Waals surface area (Å²) >= 11 is 0. The lowest BCUT2D eigenvalue weighted by molar-refractivity contribution is -0.129. The Morgan fingerprint density at radius 1 is 1.57 bits per heavy atom. The fourth-order valence-corrected chi connectivity index (χ4v) is 2.26. The number of hydrogen-bond acceptors (Lipinski definition) is 2. The molecule has 1 aliphatic carbocycles. The van der Waals surface area contributed by atoms with Crippen molar-refractivity contribution in [1.29, 1.82) is 0 Å². The molecule has 0 saturated heterocycles. The lowest BCUT2D eigenvalue weighted by atomic mass is 9.95. The lowest BCUT2D eigenvalue weighted by Gasteiger charge is -2.06. The number of carbonyl (C=O) groups is 2. The third kappa shape index (κ3) is 1.54. The molecule has 1 saturated carbocycles. The summed E-state index contributed by atoms with van der Waals surface area (Å²) in [6.07, 6.45) is 3.22. The van der Waals surface area contributed by atoms with Crippen molar-refractivity contribution >= 4 is 12.1 Å². The Labute approximate surface area is 85.4 Å². The van der Waals surface area contributed by atoms with Crippen LogP contribution in [-0.4, -0.2) is 12.1 Å². The van der Waals surface area contributed by atoms with Crippen LogP contribution in [0.5, 0.6) is 0 Å². The second-order valence-corrected chi connectivity index (χ2v) is 4.61. The standard InChI is InChI=1S/C12H18O2/c1-5-8(7-13)11(14)10-9(6-2)12(10,3)4/h6-10H,2,5H2,1,3-4H3. The molecule has 0 bridgehead atoms. The van der Waals surface area contributed by atoms with Gasteiger partial charge in [-0.2, -0.15) is 0 Å². The van der Waals surface area contributed by atoms with Gasteiger partial charge < -0.3 is 4.79 Å². The maximum absolute atomic E-state index is 11.9. The molecule has 14 heavy (non-hydrogen) atoms. The van der Waals surface area contributed by atoms with Crippen LogP contribution in [0.1, 0.15) is 27.2 Å². The lowest BCUT2D eigenvalue weighted by Crippen LogP contribution is -2.19. The highest BCUT2D eigenvalue weighted by Gasteiger charge is 2.60. The van der Waals surface area contributed by atoms with Gasteiger partial charge in [-0.05, 0) is 17.8 Å². The summed E-state index contributed by atoms with van der Waals surface area (Å²) in [4.78, 5) is 22.5. The van der Waals surface area contributed by atoms with Crippen molar-refractivity contribution in [2.24, 2.45) is 23.2 Å². The summed E-state index contributed by atoms with van der Waals surface area (Å²) in [5.74, 6) is -0.0548. The highest BCUT2D eigenvalue weighted by Crippen LogP contribution is 2.59. The molecule has 0 aromatic carbocycles. The fraction of sp³-hybridized carbons (Fsp3) is 0.667. The van der Waals surface area contributed by atoms with E-state index in [1.54, 1.807) is 0 Å². The van der Waals surface area contributed by atoms with Gasteiger partial charge in [0, 0.05) is 5.92 Å². The molecule has 0 aromatic heterocycles. The van der Waals surface area contributed by atoms with E-state index >= 15 is 0 Å². The number of aldehydes is 1. The van der Waals surface area contributed by atoms with Crippen LogP contribution in [0.15, 0.2) is 12.7 Å². The van der Waals surface area contributed by atoms with Crippen molar-refractivity contribution < 1.29 is 9.59 Å². The number of Topliss-reactive ketones (excluding diaryl/α,β-unsaturated/α-hetero) is 1. The molecule has 0 spiro atoms. The van der Waals surface area contributed by atoms with Gasteiger partial charge in [-0.15, -0.1) is 6.58 Å². The smallest absolute Gasteiger partial charge is 0.147 e. The molecular formula is C12H18O2. The Bertz CT molecular complexity index is 265. The molecule has 2 nitrogen and oxygen atoms in total. The molecule has 0 aromatic rings. The van der Waals surface area contributed by atoms with Crippen LogP contribution in [0.4, 0.5) is 0 Å². The van der Waals surface area contributed by atoms with Crippen molar-refractivity contribution in [3.63, 3.8) is 0 Å². The summed E-state index contributed by atoms with van der Waals surface area (Å²) in [5.41, 5.74) is 0.00919. The number of ketones is 1. The first kappa shape index (κ1) is 11.2. The van der Waals surface area contributed by atoms with Gasteiger partial charge in [-0.1, -0.05) is 26.8 Å². The number of allylic oxidation sites excluding steroid dienone is 1. The summed E-state index contributed by atoms with van der Waals surface area (Å²) < 4.78 is 0. The molecule has 0 N–H and O–H groups in total. The Balaban J connectivity index is 2.73. The first-order valence-corrected chi connectivity index (χ1v) is 5.12. The van der Waals surface area contributed by atoms with Crippen LogP contribution in [0, 0.1) is 23.2 Å². The minimum atomic E-state index is -0.413. The monoisotopic (exact) mass is 194 g/mol. The predicted octanol–water partition coefficient (Wildman–Crippen LogP) is 2.24. The van der Waals surface area contributed by atoms with Crippen molar-refractivity contribution in [1.82, 2.24) is 0 Å². The molecule has 1 rings (SSSR count). The molecule has 3 unspecified atom stereocenters. The third-order valence-corrected chi connectivity index (χ3v) is 3.44. The van der Waals surface area contributed by atoms with Crippen LogP contribution in [-0.2, 0) is 9.59 Å². The van der Waals surface area contributed by atoms with E-state index in [-0.39, 0.29) is 23.0 Å². The van der Waals surface area contributed by atoms with Gasteiger partial charge in [0.2, 0.25) is 0 Å². The molecule has 0 aliphatic heterocycles. The number of rotatable bonds is 5. The average molecular weight is 194 g/mol. The molecular weight excluding hydrogens is 176 g/mol. The zero-order valence-corrected chi connectivity index (χ0v) is 9.12. The Kier molecular flexibility index (Phi) is 2.93. The van der Waals surface area contributed by atoms with Gasteiger partial charge in [0.1, 0.15) is 12.1 Å². The molecule has 3 atom stereocenters. The Morgan fingerprint density at radius 2 is 2.14 bits per heavy atom. The maximum Gasteiger partial charge on any atom is 0.147 e. The first-order chi connectivity index (χ1) is 6.50. The van der Waals surface area contributed by atoms with Crippen LogP contribution >= 0.6 is 0 Å². The number of carbonyl (C=O) groups excluding carboxylic acids is 2. The molecule has 1 aliphatic rings. The molecule has 0 heterocycles. The van der Waals surface area contributed by atoms with Crippen molar-refractivity contribution in [3.8, 4) is 0 Å². The molecule has 1 fully saturated rings. The molecule has 0 amide bonds. The van der Waals surface area contributed by atoms with Crippen molar-refractivity contribution in [3.05, 3.63) is 12.7 Å². The van der Waals surface area contributed by atoms with Gasteiger partial charge >= 0.3 is 0 Å². The SMILES string of the molecule is C=CC1C(C(=O)C(C=O)CC)C1(C)C. The minimum absolute atomic E-state index is 0.00919. The van der Waals surface area contributed by atoms with E-state index in [1.165, 1.54) is 0 Å². The van der Waals surface area contributed by atoms with E-state index in [9.17, 15) is 9.59 Å². The van der Waals surface area contributed by atoms with Gasteiger partial charge in [-0.25, -0.2) is 0 Å². The number of hydrogen-bond donors (Lipinski definition) is 0. The summed E-state index contributed by atoms with van der Waals surface area (Å²) in [7, 11) is 0. The summed E-state index contributed by atoms with van der Waals surface area (Å²) in [6.45, 7) is 9.70. The van der Waals surface area contributed by atoms with E-state index in [4.69, 9.17) is 0 Å². The van der Waals surface area contributed by atoms with Crippen LogP contribution < -0.4 is 0 Å². The van der Waals surface area contributed by atoms with Crippen molar-refractivity contribution in [2.45, 2.75) is 27.2 Å². The van der Waals surface area contributed by atoms with Gasteiger partial charge in [0.05, 0.1) is 5.92 Å². The Morgan fingerprint density at radius 3 is 2.43 bits per heavy atom. The van der Waals surface area contributed by atoms with E-state index in [2.05, 4.69) is 20.4 Å². The third-order valence-electron chi connectivity index (χ3n) is 3.44. The van der Waals surface area contributed by atoms with Crippen LogP contribution in [0.3, 0.4) is 0 Å². The summed E-state index contributed by atoms with van der Waals surface area (Å²) in [6, 6.07) is 0. The van der Waals surface area contributed by atoms with Crippen molar-refractivity contribution in [2.75, 3.05) is 0 Å². The quantitative estimate of drug-likeness (QED) is 0.382. The molecule has 2 heteroatoms. The maximum atomic E-state index is 11.9. The van der Waals surface area contributed by atoms with Crippen LogP contribution in [0.2, 0.25) is 0 Å². The highest BCUT2D eigenvalue weighted by molar-refractivity contribution is 5.97. The van der Waals surface area contributed by atoms with E-state index in [0.29, 0.717) is 6.42 Å². The predicted molar refractivity (Wildman–Crippen MR) is 55.8 cm³/mol. The van der Waals surface area contributed by atoms with Gasteiger partial charge in [0.25, 0.3) is 0 Å². The topological polar surface area (TPSA) is 34.1 Å². The normalized spacial score (nSPS) is 30.5. The molecule has 78 valence electrons. The first-order valence-electron chi connectivity index (χ1n) is 5.12. The zero-order valence-electron chi connectivity index (χ0n) is 9.12. The second kappa shape index (κ2) is 3.68. The van der Waals surface area contributed by atoms with E-state index < -0.39 is 5.92 Å². The van der Waals surface area contributed by atoms with Crippen LogP contribution in [0.25, 0.3) is 0 Å². The van der Waals surface area contributed by atoms with Gasteiger partial charge in [0.15, 0.2) is 0 Å². The summed E-state index contributed by atoms with van der Waals surface area (Å²) in [5, 5.41) is 0. The minimum Gasteiger partial charge on any atom is -0.303 e. The van der Waals surface area contributed by atoms with Gasteiger partial charge in [-0.3, -0.25) is 4.79 Å². The second-order valence-electron chi connectivity index (χ2n) is 4.61. The van der Waals surface area contributed by atoms with E-state index in [0.717, 1.165) is 6.29 Å². The largest absolute Gasteiger partial charge is 0.303 e. The van der Waals surface area contributed by atoms with E-state index in [1.807, 2.05) is 13.0 Å². The molecule has 0 radical (unpaired) electrons. The average Bonchev–Trinajstić information content (AvgIpc) is 2.69. The zero-order chi connectivity index (χ0) is 10.9. The fourth-order valence-electron chi connectivity index (χ4n) is 2.26. The Hall–Kier alpha value is -0.920. The highest BCUT2D eigenvalue weighted by atomic mass is 16.1.